The molecule has 0 aliphatic carbocycles. The van der Waals surface area contributed by atoms with Crippen molar-refractivity contribution in [2.24, 2.45) is 16.5 Å². The lowest BCUT2D eigenvalue weighted by molar-refractivity contribution is -0.106. The molecule has 0 fully saturated rings. The molecular weight excluding hydrogens is 308 g/mol. The van der Waals surface area contributed by atoms with E-state index in [-0.39, 0.29) is 11.9 Å². The van der Waals surface area contributed by atoms with Crippen LogP contribution in [-0.4, -0.2) is 34.7 Å². The number of amides is 2. The maximum Gasteiger partial charge on any atom is 0.248 e. The third-order valence-electron chi connectivity index (χ3n) is 3.53. The molecule has 0 bridgehead atoms. The first kappa shape index (κ1) is 17.4. The van der Waals surface area contributed by atoms with E-state index >= 15 is 0 Å². The molecule has 0 saturated carbocycles. The van der Waals surface area contributed by atoms with Crippen LogP contribution in [0, 0.1) is 0 Å². The van der Waals surface area contributed by atoms with Gasteiger partial charge in [-0.05, 0) is 25.6 Å². The van der Waals surface area contributed by atoms with Crippen LogP contribution in [0.3, 0.4) is 0 Å². The normalized spacial score (nSPS) is 12.8. The molecule has 1 unspecified atom stereocenters. The Hall–Kier alpha value is -3.00. The molecule has 1 aromatic carbocycles. The number of hydrogen-bond acceptors (Lipinski definition) is 4. The molecule has 126 valence electrons. The number of benzene rings is 1. The predicted octanol–water partition coefficient (Wildman–Crippen LogP) is 0.708. The van der Waals surface area contributed by atoms with E-state index in [2.05, 4.69) is 20.3 Å². The van der Waals surface area contributed by atoms with E-state index in [0.717, 1.165) is 12.1 Å². The maximum absolute atomic E-state index is 11.2. The quantitative estimate of drug-likeness (QED) is 0.337. The van der Waals surface area contributed by atoms with Crippen LogP contribution in [0.15, 0.2) is 29.3 Å². The summed E-state index contributed by atoms with van der Waals surface area (Å²) in [6.45, 7) is 4.73. The summed E-state index contributed by atoms with van der Waals surface area (Å²) in [5, 5.41) is 3.24. The van der Waals surface area contributed by atoms with Gasteiger partial charge in [-0.25, -0.2) is 4.98 Å². The zero-order chi connectivity index (χ0) is 17.7. The molecule has 8 heteroatoms. The Labute approximate surface area is 139 Å². The minimum absolute atomic E-state index is 0.0311. The number of hydrogen-bond donors (Lipinski definition) is 4. The number of imidazole rings is 1. The van der Waals surface area contributed by atoms with Crippen LogP contribution in [0.2, 0.25) is 0 Å². The Bertz CT molecular complexity index is 763. The summed E-state index contributed by atoms with van der Waals surface area (Å²) in [7, 11) is 0. The molecular formula is C16H20N6O2. The molecule has 1 atom stereocenters. The first-order chi connectivity index (χ1) is 11.5. The minimum atomic E-state index is -0.507. The summed E-state index contributed by atoms with van der Waals surface area (Å²) in [5.41, 5.74) is 13.2. The number of H-pyrrole nitrogens is 1. The number of rotatable bonds is 7. The highest BCUT2D eigenvalue weighted by molar-refractivity contribution is 6.04. The van der Waals surface area contributed by atoms with Gasteiger partial charge in [0, 0.05) is 11.1 Å². The van der Waals surface area contributed by atoms with E-state index in [1.165, 1.54) is 0 Å². The highest BCUT2D eigenvalue weighted by atomic mass is 16.1. The van der Waals surface area contributed by atoms with Gasteiger partial charge in [0.1, 0.15) is 11.5 Å². The fourth-order valence-corrected chi connectivity index (χ4v) is 2.31. The number of aromatic amines is 1. The van der Waals surface area contributed by atoms with Crippen molar-refractivity contribution >= 4 is 18.2 Å². The second-order valence-electron chi connectivity index (χ2n) is 5.19. The van der Waals surface area contributed by atoms with Crippen molar-refractivity contribution in [3.63, 3.8) is 0 Å². The summed E-state index contributed by atoms with van der Waals surface area (Å²) in [5.74, 6) is 0.207. The van der Waals surface area contributed by atoms with Crippen molar-refractivity contribution in [2.75, 3.05) is 6.54 Å². The number of nitrogens with one attached hydrogen (secondary N) is 2. The van der Waals surface area contributed by atoms with E-state index in [9.17, 15) is 9.59 Å². The Kier molecular flexibility index (Phi) is 5.43. The van der Waals surface area contributed by atoms with Gasteiger partial charge in [-0.2, -0.15) is 4.99 Å². The number of nitrogens with zero attached hydrogens (tertiary/aromatic N) is 2. The number of primary amides is 1. The molecule has 2 rings (SSSR count). The molecule has 8 nitrogen and oxygen atoms in total. The van der Waals surface area contributed by atoms with Crippen molar-refractivity contribution in [2.45, 2.75) is 19.9 Å². The predicted molar refractivity (Wildman–Crippen MR) is 91.4 cm³/mol. The van der Waals surface area contributed by atoms with E-state index in [1.54, 1.807) is 24.3 Å². The van der Waals surface area contributed by atoms with Gasteiger partial charge in [0.05, 0.1) is 11.7 Å². The average molecular weight is 328 g/mol. The zero-order valence-electron chi connectivity index (χ0n) is 13.5. The zero-order valence-corrected chi connectivity index (χ0v) is 13.5. The van der Waals surface area contributed by atoms with Crippen LogP contribution in [0.1, 0.15) is 41.8 Å². The van der Waals surface area contributed by atoms with Crippen molar-refractivity contribution in [1.82, 2.24) is 15.3 Å². The lowest BCUT2D eigenvalue weighted by Gasteiger charge is -2.08. The topological polar surface area (TPSA) is 139 Å². The van der Waals surface area contributed by atoms with Gasteiger partial charge in [-0.1, -0.05) is 19.1 Å². The second kappa shape index (κ2) is 7.51. The van der Waals surface area contributed by atoms with Gasteiger partial charge in [-0.15, -0.1) is 0 Å². The number of nitrogens with two attached hydrogens (primary N) is 2. The van der Waals surface area contributed by atoms with E-state index in [4.69, 9.17) is 11.5 Å². The fraction of sp³-hybridized carbons (Fsp3) is 0.250. The standard InChI is InChI=1S/C16H20N6O2/c1-3-19-9(2)16-21-12(13(22-16)14(17)20-8-23)10-4-6-11(7-5-10)15(18)24/h4-9,19H,3H2,1-2H3,(H2,18,24)(H,21,22)(H2,17,20,23). The number of aliphatic imine (C=N–C) groups is 1. The van der Waals surface area contributed by atoms with Crippen LogP contribution >= 0.6 is 0 Å². The van der Waals surface area contributed by atoms with Crippen molar-refractivity contribution in [1.29, 1.82) is 0 Å². The molecule has 0 radical (unpaired) electrons. The largest absolute Gasteiger partial charge is 0.382 e. The molecule has 0 saturated heterocycles. The van der Waals surface area contributed by atoms with Crippen LogP contribution in [-0.2, 0) is 4.79 Å². The molecule has 2 aromatic rings. The average Bonchev–Trinajstić information content (AvgIpc) is 3.01. The van der Waals surface area contributed by atoms with Gasteiger partial charge in [0.15, 0.2) is 5.84 Å². The van der Waals surface area contributed by atoms with Crippen LogP contribution in [0.5, 0.6) is 0 Å². The highest BCUT2D eigenvalue weighted by Gasteiger charge is 2.18. The number of aromatic nitrogens is 2. The third kappa shape index (κ3) is 3.66. The number of carbonyl (C=O) groups excluding carboxylic acids is 2. The van der Waals surface area contributed by atoms with Gasteiger partial charge < -0.3 is 21.8 Å². The lowest BCUT2D eigenvalue weighted by atomic mass is 10.1. The van der Waals surface area contributed by atoms with Crippen LogP contribution in [0.4, 0.5) is 0 Å². The van der Waals surface area contributed by atoms with Crippen molar-refractivity contribution in [3.8, 4) is 11.3 Å². The SMILES string of the molecule is CCNC(C)c1nc(-c2ccc(C(N)=O)cc2)c(C(N)=NC=O)[nH]1. The summed E-state index contributed by atoms with van der Waals surface area (Å²) in [6.07, 6.45) is 0.379. The van der Waals surface area contributed by atoms with E-state index in [1.807, 2.05) is 13.8 Å². The first-order valence-electron chi connectivity index (χ1n) is 7.48. The monoisotopic (exact) mass is 328 g/mol. The third-order valence-corrected chi connectivity index (χ3v) is 3.53. The Balaban J connectivity index is 2.51. The summed E-state index contributed by atoms with van der Waals surface area (Å²) in [6, 6.07) is 6.62. The molecule has 1 aromatic heterocycles. The molecule has 6 N–H and O–H groups in total. The van der Waals surface area contributed by atoms with E-state index < -0.39 is 5.91 Å². The van der Waals surface area contributed by atoms with Crippen molar-refractivity contribution < 1.29 is 9.59 Å². The highest BCUT2D eigenvalue weighted by Crippen LogP contribution is 2.24. The summed E-state index contributed by atoms with van der Waals surface area (Å²) >= 11 is 0. The lowest BCUT2D eigenvalue weighted by Crippen LogP contribution is -2.19. The summed E-state index contributed by atoms with van der Waals surface area (Å²) < 4.78 is 0. The fourth-order valence-electron chi connectivity index (χ4n) is 2.31. The maximum atomic E-state index is 11.2. The van der Waals surface area contributed by atoms with Crippen molar-refractivity contribution in [3.05, 3.63) is 41.3 Å². The van der Waals surface area contributed by atoms with Gasteiger partial charge >= 0.3 is 0 Å². The molecule has 0 aliphatic heterocycles. The van der Waals surface area contributed by atoms with Crippen LogP contribution in [0.25, 0.3) is 11.3 Å². The molecule has 0 spiro atoms. The second-order valence-corrected chi connectivity index (χ2v) is 5.19. The van der Waals surface area contributed by atoms with Crippen LogP contribution < -0.4 is 16.8 Å². The van der Waals surface area contributed by atoms with Gasteiger partial charge in [0.2, 0.25) is 12.3 Å². The Morgan fingerprint density at radius 3 is 2.58 bits per heavy atom. The Morgan fingerprint density at radius 2 is 2.04 bits per heavy atom. The first-order valence-corrected chi connectivity index (χ1v) is 7.48. The number of carbonyl (C=O) groups is 2. The minimum Gasteiger partial charge on any atom is -0.382 e. The smallest absolute Gasteiger partial charge is 0.248 e. The van der Waals surface area contributed by atoms with E-state index in [0.29, 0.717) is 29.2 Å². The number of amidine groups is 1. The molecule has 1 heterocycles. The Morgan fingerprint density at radius 1 is 1.38 bits per heavy atom. The van der Waals surface area contributed by atoms with Gasteiger partial charge in [0.25, 0.3) is 0 Å². The molecule has 0 aliphatic rings. The summed E-state index contributed by atoms with van der Waals surface area (Å²) in [4.78, 5) is 33.1. The van der Waals surface area contributed by atoms with Gasteiger partial charge in [-0.3, -0.25) is 9.59 Å². The molecule has 24 heavy (non-hydrogen) atoms. The molecule has 2 amide bonds.